The van der Waals surface area contributed by atoms with Crippen LogP contribution in [-0.4, -0.2) is 36.3 Å². The summed E-state index contributed by atoms with van der Waals surface area (Å²) in [5.74, 6) is 1.20. The van der Waals surface area contributed by atoms with Crippen molar-refractivity contribution in [3.05, 3.63) is 0 Å². The Morgan fingerprint density at radius 3 is 2.91 bits per heavy atom. The van der Waals surface area contributed by atoms with Gasteiger partial charge in [-0.1, -0.05) is 0 Å². The zero-order valence-electron chi connectivity index (χ0n) is 6.54. The second kappa shape index (κ2) is 6.82. The molecule has 3 nitrogen and oxygen atoms in total. The molecule has 0 saturated heterocycles. The molecule has 66 valence electrons. The molecule has 0 spiro atoms. The topological polar surface area (TPSA) is 55.1 Å². The molecule has 0 heterocycles. The summed E-state index contributed by atoms with van der Waals surface area (Å²) < 4.78 is 0. The number of thioether (sulfide) groups is 1. The van der Waals surface area contributed by atoms with Gasteiger partial charge in [-0.05, 0) is 6.26 Å². The maximum atomic E-state index is 11.0. The van der Waals surface area contributed by atoms with Crippen molar-refractivity contribution in [2.45, 2.75) is 6.04 Å². The van der Waals surface area contributed by atoms with E-state index in [-0.39, 0.29) is 5.91 Å². The van der Waals surface area contributed by atoms with E-state index in [0.717, 1.165) is 5.75 Å². The molecule has 0 fully saturated rings. The van der Waals surface area contributed by atoms with Crippen LogP contribution in [0, 0.1) is 0 Å². The van der Waals surface area contributed by atoms with Gasteiger partial charge in [0.15, 0.2) is 0 Å². The Morgan fingerprint density at radius 2 is 2.45 bits per heavy atom. The summed E-state index contributed by atoms with van der Waals surface area (Å²) in [4.78, 5) is 11.0. The third-order valence-electron chi connectivity index (χ3n) is 1.14. The van der Waals surface area contributed by atoms with Crippen molar-refractivity contribution < 1.29 is 4.79 Å². The van der Waals surface area contributed by atoms with E-state index in [4.69, 9.17) is 5.73 Å². The highest BCUT2D eigenvalue weighted by molar-refractivity contribution is 7.98. The number of nitrogens with one attached hydrogen (secondary N) is 1. The molecule has 1 atom stereocenters. The van der Waals surface area contributed by atoms with Gasteiger partial charge in [0, 0.05) is 18.1 Å². The van der Waals surface area contributed by atoms with Crippen LogP contribution in [-0.2, 0) is 4.79 Å². The van der Waals surface area contributed by atoms with E-state index < -0.39 is 6.04 Å². The van der Waals surface area contributed by atoms with Crippen LogP contribution in [0.15, 0.2) is 0 Å². The predicted molar refractivity (Wildman–Crippen MR) is 53.2 cm³/mol. The molecule has 1 amide bonds. The smallest absolute Gasteiger partial charge is 0.237 e. The first kappa shape index (κ1) is 11.1. The fourth-order valence-electron chi connectivity index (χ4n) is 0.490. The SMILES string of the molecule is CSCCNC(=O)C(N)CS. The first-order valence-electron chi connectivity index (χ1n) is 3.35. The summed E-state index contributed by atoms with van der Waals surface area (Å²) in [6.07, 6.45) is 1.99. The zero-order chi connectivity index (χ0) is 8.69. The van der Waals surface area contributed by atoms with Crippen LogP contribution in [0.2, 0.25) is 0 Å². The normalized spacial score (nSPS) is 12.6. The van der Waals surface area contributed by atoms with Gasteiger partial charge in [0.2, 0.25) is 5.91 Å². The lowest BCUT2D eigenvalue weighted by Crippen LogP contribution is -2.42. The molecule has 3 N–H and O–H groups in total. The van der Waals surface area contributed by atoms with Crippen molar-refractivity contribution in [2.75, 3.05) is 24.3 Å². The maximum absolute atomic E-state index is 11.0. The van der Waals surface area contributed by atoms with Gasteiger partial charge >= 0.3 is 0 Å². The van der Waals surface area contributed by atoms with Gasteiger partial charge in [-0.3, -0.25) is 4.79 Å². The summed E-state index contributed by atoms with van der Waals surface area (Å²) in [6, 6.07) is -0.472. The van der Waals surface area contributed by atoms with E-state index >= 15 is 0 Å². The van der Waals surface area contributed by atoms with Gasteiger partial charge < -0.3 is 11.1 Å². The first-order chi connectivity index (χ1) is 5.22. The fraction of sp³-hybridized carbons (Fsp3) is 0.833. The largest absolute Gasteiger partial charge is 0.354 e. The van der Waals surface area contributed by atoms with Gasteiger partial charge in [-0.15, -0.1) is 0 Å². The molecule has 0 bridgehead atoms. The monoisotopic (exact) mass is 194 g/mol. The Morgan fingerprint density at radius 1 is 1.82 bits per heavy atom. The van der Waals surface area contributed by atoms with Crippen LogP contribution in [0.25, 0.3) is 0 Å². The lowest BCUT2D eigenvalue weighted by molar-refractivity contribution is -0.121. The van der Waals surface area contributed by atoms with Crippen LogP contribution in [0.5, 0.6) is 0 Å². The Labute approximate surface area is 76.9 Å². The van der Waals surface area contributed by atoms with Crippen LogP contribution in [0.3, 0.4) is 0 Å². The minimum Gasteiger partial charge on any atom is -0.354 e. The molecule has 0 aliphatic heterocycles. The fourth-order valence-corrected chi connectivity index (χ4v) is 0.962. The maximum Gasteiger partial charge on any atom is 0.237 e. The highest BCUT2D eigenvalue weighted by Gasteiger charge is 2.09. The number of rotatable bonds is 5. The molecule has 0 saturated carbocycles. The zero-order valence-corrected chi connectivity index (χ0v) is 8.25. The molecular formula is C6H14N2OS2. The van der Waals surface area contributed by atoms with Crippen molar-refractivity contribution in [1.29, 1.82) is 0 Å². The molecule has 0 aromatic carbocycles. The highest BCUT2D eigenvalue weighted by Crippen LogP contribution is 1.88. The van der Waals surface area contributed by atoms with Gasteiger partial charge in [0.1, 0.15) is 0 Å². The third-order valence-corrected chi connectivity index (χ3v) is 2.14. The van der Waals surface area contributed by atoms with E-state index in [1.54, 1.807) is 11.8 Å². The van der Waals surface area contributed by atoms with Crippen molar-refractivity contribution in [2.24, 2.45) is 5.73 Å². The second-order valence-corrected chi connectivity index (χ2v) is 3.42. The molecule has 0 radical (unpaired) electrons. The Bertz CT molecular complexity index is 121. The van der Waals surface area contributed by atoms with Gasteiger partial charge in [0.05, 0.1) is 6.04 Å². The average molecular weight is 194 g/mol. The molecular weight excluding hydrogens is 180 g/mol. The summed E-state index contributed by atoms with van der Waals surface area (Å²) in [6.45, 7) is 0.682. The molecule has 1 unspecified atom stereocenters. The van der Waals surface area contributed by atoms with E-state index in [2.05, 4.69) is 17.9 Å². The number of carbonyl (C=O) groups excluding carboxylic acids is 1. The first-order valence-corrected chi connectivity index (χ1v) is 5.38. The second-order valence-electron chi connectivity index (χ2n) is 2.07. The van der Waals surface area contributed by atoms with E-state index in [9.17, 15) is 4.79 Å². The van der Waals surface area contributed by atoms with Gasteiger partial charge in [-0.2, -0.15) is 24.4 Å². The molecule has 0 aromatic heterocycles. The van der Waals surface area contributed by atoms with Crippen molar-refractivity contribution >= 4 is 30.3 Å². The molecule has 0 aromatic rings. The lowest BCUT2D eigenvalue weighted by Gasteiger charge is -2.08. The molecule has 0 aliphatic rings. The molecule has 0 rings (SSSR count). The Balaban J connectivity index is 3.36. The van der Waals surface area contributed by atoms with Crippen LogP contribution in [0.1, 0.15) is 0 Å². The van der Waals surface area contributed by atoms with Crippen molar-refractivity contribution in [1.82, 2.24) is 5.32 Å². The molecule has 0 aliphatic carbocycles. The number of hydrogen-bond donors (Lipinski definition) is 3. The van der Waals surface area contributed by atoms with Crippen LogP contribution >= 0.6 is 24.4 Å². The van der Waals surface area contributed by atoms with E-state index in [1.165, 1.54) is 0 Å². The van der Waals surface area contributed by atoms with Gasteiger partial charge in [0.25, 0.3) is 0 Å². The number of amides is 1. The quantitative estimate of drug-likeness (QED) is 0.417. The number of hydrogen-bond acceptors (Lipinski definition) is 4. The lowest BCUT2D eigenvalue weighted by atomic mass is 10.3. The van der Waals surface area contributed by atoms with E-state index in [1.807, 2.05) is 6.26 Å². The molecule has 11 heavy (non-hydrogen) atoms. The Hall–Kier alpha value is 0.130. The minimum atomic E-state index is -0.472. The summed E-state index contributed by atoms with van der Waals surface area (Å²) in [7, 11) is 0. The standard InChI is InChI=1S/C6H14N2OS2/c1-11-3-2-8-6(9)5(7)4-10/h5,10H,2-4,7H2,1H3,(H,8,9). The minimum absolute atomic E-state index is 0.117. The molecule has 5 heteroatoms. The van der Waals surface area contributed by atoms with Gasteiger partial charge in [-0.25, -0.2) is 0 Å². The summed E-state index contributed by atoms with van der Waals surface area (Å²) in [5, 5.41) is 2.70. The number of nitrogens with two attached hydrogens (primary N) is 1. The average Bonchev–Trinajstić information content (AvgIpc) is 2.03. The summed E-state index contributed by atoms with van der Waals surface area (Å²) >= 11 is 5.60. The van der Waals surface area contributed by atoms with Crippen molar-refractivity contribution in [3.8, 4) is 0 Å². The number of thiol groups is 1. The van der Waals surface area contributed by atoms with Crippen LogP contribution < -0.4 is 11.1 Å². The summed E-state index contributed by atoms with van der Waals surface area (Å²) in [5.41, 5.74) is 5.40. The Kier molecular flexibility index (Phi) is 6.90. The highest BCUT2D eigenvalue weighted by atomic mass is 32.2. The van der Waals surface area contributed by atoms with E-state index in [0.29, 0.717) is 12.3 Å². The number of carbonyl (C=O) groups is 1. The van der Waals surface area contributed by atoms with Crippen molar-refractivity contribution in [3.63, 3.8) is 0 Å². The predicted octanol–water partition coefficient (Wildman–Crippen LogP) is -0.277. The van der Waals surface area contributed by atoms with Crippen LogP contribution in [0.4, 0.5) is 0 Å². The third kappa shape index (κ3) is 5.41.